The van der Waals surface area contributed by atoms with Gasteiger partial charge < -0.3 is 10.1 Å². The summed E-state index contributed by atoms with van der Waals surface area (Å²) in [7, 11) is 0. The third-order valence-electron chi connectivity index (χ3n) is 2.49. The Kier molecular flexibility index (Phi) is 5.62. The molecule has 0 spiro atoms. The molecule has 1 amide bonds. The summed E-state index contributed by atoms with van der Waals surface area (Å²) in [4.78, 5) is 15.3. The van der Waals surface area contributed by atoms with E-state index >= 15 is 0 Å². The Morgan fingerprint density at radius 1 is 1.29 bits per heavy atom. The van der Waals surface area contributed by atoms with Crippen molar-refractivity contribution >= 4 is 17.7 Å². The fourth-order valence-corrected chi connectivity index (χ4v) is 1.69. The van der Waals surface area contributed by atoms with Crippen LogP contribution in [-0.2, 0) is 11.3 Å². The second kappa shape index (κ2) is 7.93. The fourth-order valence-electron chi connectivity index (χ4n) is 1.52. The molecule has 106 valence electrons. The van der Waals surface area contributed by atoms with Crippen molar-refractivity contribution in [1.29, 1.82) is 0 Å². The molecule has 0 radical (unpaired) electrons. The summed E-state index contributed by atoms with van der Waals surface area (Å²) < 4.78 is 5.05. The topological polar surface area (TPSA) is 51.2 Å². The van der Waals surface area contributed by atoms with Gasteiger partial charge in [-0.2, -0.15) is 0 Å². The first-order chi connectivity index (χ1) is 10.2. The molecule has 1 aromatic carbocycles. The Labute approximate surface area is 128 Å². The number of halogens is 1. The van der Waals surface area contributed by atoms with Crippen molar-refractivity contribution in [3.05, 3.63) is 64.9 Å². The second-order valence-corrected chi connectivity index (χ2v) is 4.47. The Bertz CT molecular complexity index is 663. The highest BCUT2D eigenvalue weighted by atomic mass is 35.5. The molecule has 1 aromatic heterocycles. The van der Waals surface area contributed by atoms with Gasteiger partial charge >= 0.3 is 6.09 Å². The zero-order chi connectivity index (χ0) is 14.9. The molecule has 0 saturated heterocycles. The number of hydrogen-bond acceptors (Lipinski definition) is 3. The third kappa shape index (κ3) is 5.55. The molecule has 21 heavy (non-hydrogen) atoms. The van der Waals surface area contributed by atoms with E-state index in [1.54, 1.807) is 18.3 Å². The van der Waals surface area contributed by atoms with Gasteiger partial charge in [0.15, 0.2) is 0 Å². The number of alkyl carbamates (subject to hydrolysis) is 1. The van der Waals surface area contributed by atoms with Crippen LogP contribution in [-0.4, -0.2) is 17.6 Å². The van der Waals surface area contributed by atoms with Crippen molar-refractivity contribution in [1.82, 2.24) is 10.3 Å². The minimum Gasteiger partial charge on any atom is -0.445 e. The number of aromatic nitrogens is 1. The van der Waals surface area contributed by atoms with Gasteiger partial charge in [-0.25, -0.2) is 9.78 Å². The maximum Gasteiger partial charge on any atom is 0.408 e. The van der Waals surface area contributed by atoms with Crippen molar-refractivity contribution in [3.8, 4) is 11.8 Å². The largest absolute Gasteiger partial charge is 0.445 e. The summed E-state index contributed by atoms with van der Waals surface area (Å²) in [5.74, 6) is 5.68. The summed E-state index contributed by atoms with van der Waals surface area (Å²) in [5, 5.41) is 2.94. The van der Waals surface area contributed by atoms with Gasteiger partial charge in [-0.05, 0) is 17.7 Å². The van der Waals surface area contributed by atoms with Crippen molar-refractivity contribution < 1.29 is 9.53 Å². The number of amides is 1. The quantitative estimate of drug-likeness (QED) is 0.700. The molecule has 2 aromatic rings. The average Bonchev–Trinajstić information content (AvgIpc) is 2.51. The molecule has 5 heteroatoms. The molecule has 1 N–H and O–H groups in total. The number of ether oxygens (including phenoxy) is 1. The summed E-state index contributed by atoms with van der Waals surface area (Å²) in [6.45, 7) is 0.438. The van der Waals surface area contributed by atoms with Crippen LogP contribution in [0.3, 0.4) is 0 Å². The minimum absolute atomic E-state index is 0.202. The number of rotatable bonds is 3. The van der Waals surface area contributed by atoms with E-state index in [4.69, 9.17) is 16.3 Å². The fraction of sp³-hybridized carbons (Fsp3) is 0.125. The number of carbonyl (C=O) groups is 1. The van der Waals surface area contributed by atoms with E-state index in [2.05, 4.69) is 22.1 Å². The number of nitrogens with one attached hydrogen (secondary N) is 1. The zero-order valence-corrected chi connectivity index (χ0v) is 11.9. The normalized spacial score (nSPS) is 9.38. The van der Waals surface area contributed by atoms with Crippen molar-refractivity contribution in [2.45, 2.75) is 6.61 Å². The number of carbonyl (C=O) groups excluding carboxylic acids is 1. The van der Waals surface area contributed by atoms with Crippen molar-refractivity contribution in [3.63, 3.8) is 0 Å². The maximum absolute atomic E-state index is 11.4. The van der Waals surface area contributed by atoms with Crippen LogP contribution in [0.2, 0.25) is 5.15 Å². The van der Waals surface area contributed by atoms with E-state index in [0.29, 0.717) is 5.15 Å². The predicted molar refractivity (Wildman–Crippen MR) is 80.8 cm³/mol. The lowest BCUT2D eigenvalue weighted by molar-refractivity contribution is 0.141. The number of benzene rings is 1. The van der Waals surface area contributed by atoms with Gasteiger partial charge in [-0.15, -0.1) is 0 Å². The van der Waals surface area contributed by atoms with Gasteiger partial charge in [0.05, 0.1) is 6.54 Å². The highest BCUT2D eigenvalue weighted by Gasteiger charge is 2.00. The molecular weight excluding hydrogens is 288 g/mol. The summed E-state index contributed by atoms with van der Waals surface area (Å²) in [5.41, 5.74) is 1.68. The maximum atomic E-state index is 11.4. The summed E-state index contributed by atoms with van der Waals surface area (Å²) in [6.07, 6.45) is 1.08. The molecule has 0 aliphatic carbocycles. The van der Waals surface area contributed by atoms with E-state index < -0.39 is 6.09 Å². The lowest BCUT2D eigenvalue weighted by Gasteiger charge is -2.04. The zero-order valence-electron chi connectivity index (χ0n) is 11.2. The van der Waals surface area contributed by atoms with E-state index in [-0.39, 0.29) is 13.2 Å². The van der Waals surface area contributed by atoms with Crippen LogP contribution in [0.5, 0.6) is 0 Å². The molecule has 0 aliphatic heterocycles. The third-order valence-corrected chi connectivity index (χ3v) is 2.70. The molecule has 0 saturated carbocycles. The van der Waals surface area contributed by atoms with Gasteiger partial charge in [-0.3, -0.25) is 0 Å². The smallest absolute Gasteiger partial charge is 0.408 e. The number of pyridine rings is 1. The predicted octanol–water partition coefficient (Wildman–Crippen LogP) is 3.01. The summed E-state index contributed by atoms with van der Waals surface area (Å²) in [6, 6.07) is 12.9. The average molecular weight is 301 g/mol. The van der Waals surface area contributed by atoms with Crippen LogP contribution >= 0.6 is 11.6 Å². The molecule has 4 nitrogen and oxygen atoms in total. The second-order valence-electron chi connectivity index (χ2n) is 4.08. The van der Waals surface area contributed by atoms with Gasteiger partial charge in [0.25, 0.3) is 0 Å². The highest BCUT2D eigenvalue weighted by Crippen LogP contribution is 2.05. The molecule has 0 fully saturated rings. The Hall–Kier alpha value is -2.51. The highest BCUT2D eigenvalue weighted by molar-refractivity contribution is 6.29. The van der Waals surface area contributed by atoms with E-state index in [9.17, 15) is 4.79 Å². The standard InChI is InChI=1S/C16H13ClN2O2/c17-15-11-13(8-10-18-15)7-4-9-19-16(20)21-12-14-5-2-1-3-6-14/h1-3,5-6,8,10-11H,9,12H2,(H,19,20). The van der Waals surface area contributed by atoms with Crippen LogP contribution in [0.4, 0.5) is 4.79 Å². The molecule has 0 unspecified atom stereocenters. The van der Waals surface area contributed by atoms with Gasteiger partial charge in [0, 0.05) is 11.8 Å². The molecule has 0 atom stereocenters. The van der Waals surface area contributed by atoms with Crippen LogP contribution < -0.4 is 5.32 Å². The van der Waals surface area contributed by atoms with Crippen molar-refractivity contribution in [2.24, 2.45) is 0 Å². The first-order valence-corrected chi connectivity index (χ1v) is 6.67. The molecule has 1 heterocycles. The van der Waals surface area contributed by atoms with Gasteiger partial charge in [-0.1, -0.05) is 53.8 Å². The molecular formula is C16H13ClN2O2. The van der Waals surface area contributed by atoms with Gasteiger partial charge in [0.2, 0.25) is 0 Å². The Morgan fingerprint density at radius 3 is 2.86 bits per heavy atom. The molecule has 0 bridgehead atoms. The van der Waals surface area contributed by atoms with E-state index in [1.165, 1.54) is 0 Å². The van der Waals surface area contributed by atoms with Crippen LogP contribution in [0.15, 0.2) is 48.7 Å². The SMILES string of the molecule is O=C(NCC#Cc1ccnc(Cl)c1)OCc1ccccc1. The first-order valence-electron chi connectivity index (χ1n) is 6.29. The first kappa shape index (κ1) is 14.9. The number of hydrogen-bond donors (Lipinski definition) is 1. The Balaban J connectivity index is 1.72. The van der Waals surface area contributed by atoms with Crippen molar-refractivity contribution in [2.75, 3.05) is 6.54 Å². The molecule has 0 aliphatic rings. The lowest BCUT2D eigenvalue weighted by atomic mass is 10.2. The number of nitrogens with zero attached hydrogens (tertiary/aromatic N) is 1. The van der Waals surface area contributed by atoms with Crippen LogP contribution in [0.25, 0.3) is 0 Å². The molecule has 2 rings (SSSR count). The lowest BCUT2D eigenvalue weighted by Crippen LogP contribution is -2.24. The van der Waals surface area contributed by atoms with Crippen LogP contribution in [0.1, 0.15) is 11.1 Å². The van der Waals surface area contributed by atoms with Crippen LogP contribution in [0, 0.1) is 11.8 Å². The van der Waals surface area contributed by atoms with E-state index in [0.717, 1.165) is 11.1 Å². The minimum atomic E-state index is -0.499. The van der Waals surface area contributed by atoms with E-state index in [1.807, 2.05) is 30.3 Å². The Morgan fingerprint density at radius 2 is 2.10 bits per heavy atom. The monoisotopic (exact) mass is 300 g/mol. The van der Waals surface area contributed by atoms with Gasteiger partial charge in [0.1, 0.15) is 11.8 Å². The summed E-state index contributed by atoms with van der Waals surface area (Å²) >= 11 is 5.74.